The standard InChI is InChI=1S/C13H24N2O4/c1-3-8-15(9-11(16)17)12(18)13(10-19-2)4-6-14-7-5-13/h14H,3-10H2,1-2H3,(H,16,17). The van der Waals surface area contributed by atoms with Crippen molar-refractivity contribution in [2.24, 2.45) is 5.41 Å². The number of rotatable bonds is 7. The summed E-state index contributed by atoms with van der Waals surface area (Å²) in [5, 5.41) is 12.2. The minimum atomic E-state index is -0.969. The molecule has 6 nitrogen and oxygen atoms in total. The van der Waals surface area contributed by atoms with E-state index in [0.29, 0.717) is 26.0 Å². The van der Waals surface area contributed by atoms with Crippen molar-refractivity contribution < 1.29 is 19.4 Å². The fourth-order valence-corrected chi connectivity index (χ4v) is 2.62. The highest BCUT2D eigenvalue weighted by molar-refractivity contribution is 5.86. The third-order valence-electron chi connectivity index (χ3n) is 3.54. The molecule has 0 aromatic heterocycles. The van der Waals surface area contributed by atoms with Gasteiger partial charge in [-0.25, -0.2) is 0 Å². The summed E-state index contributed by atoms with van der Waals surface area (Å²) in [6, 6.07) is 0. The Bertz CT molecular complexity index is 308. The van der Waals surface area contributed by atoms with Gasteiger partial charge in [-0.15, -0.1) is 0 Å². The van der Waals surface area contributed by atoms with Crippen molar-refractivity contribution in [3.05, 3.63) is 0 Å². The molecule has 0 aromatic rings. The molecule has 1 amide bonds. The van der Waals surface area contributed by atoms with Gasteiger partial charge in [0.05, 0.1) is 12.0 Å². The summed E-state index contributed by atoms with van der Waals surface area (Å²) in [7, 11) is 1.58. The molecule has 110 valence electrons. The SMILES string of the molecule is CCCN(CC(=O)O)C(=O)C1(COC)CCNCC1. The molecule has 1 saturated heterocycles. The van der Waals surface area contributed by atoms with Crippen LogP contribution in [0.3, 0.4) is 0 Å². The van der Waals surface area contributed by atoms with E-state index in [1.807, 2.05) is 6.92 Å². The Morgan fingerprint density at radius 3 is 2.47 bits per heavy atom. The zero-order chi connectivity index (χ0) is 14.3. The van der Waals surface area contributed by atoms with E-state index in [1.54, 1.807) is 7.11 Å². The Kier molecular flexibility index (Phi) is 6.24. The number of ether oxygens (including phenoxy) is 1. The van der Waals surface area contributed by atoms with Crippen LogP contribution in [0.1, 0.15) is 26.2 Å². The van der Waals surface area contributed by atoms with E-state index in [1.165, 1.54) is 4.90 Å². The number of carboxylic acid groups (broad SMARTS) is 1. The molecule has 2 N–H and O–H groups in total. The highest BCUT2D eigenvalue weighted by Crippen LogP contribution is 2.31. The van der Waals surface area contributed by atoms with E-state index in [0.717, 1.165) is 19.5 Å². The van der Waals surface area contributed by atoms with Crippen LogP contribution in [0.25, 0.3) is 0 Å². The molecule has 19 heavy (non-hydrogen) atoms. The maximum Gasteiger partial charge on any atom is 0.323 e. The predicted molar refractivity (Wildman–Crippen MR) is 70.9 cm³/mol. The lowest BCUT2D eigenvalue weighted by atomic mass is 9.78. The van der Waals surface area contributed by atoms with Crippen molar-refractivity contribution in [2.75, 3.05) is 39.9 Å². The lowest BCUT2D eigenvalue weighted by Gasteiger charge is -2.39. The van der Waals surface area contributed by atoms with Crippen molar-refractivity contribution >= 4 is 11.9 Å². The van der Waals surface area contributed by atoms with Gasteiger partial charge in [0.15, 0.2) is 0 Å². The van der Waals surface area contributed by atoms with E-state index < -0.39 is 11.4 Å². The number of piperidine rings is 1. The van der Waals surface area contributed by atoms with Crippen molar-refractivity contribution in [1.29, 1.82) is 0 Å². The first kappa shape index (κ1) is 15.9. The third-order valence-corrected chi connectivity index (χ3v) is 3.54. The van der Waals surface area contributed by atoms with E-state index >= 15 is 0 Å². The summed E-state index contributed by atoms with van der Waals surface area (Å²) in [6.07, 6.45) is 2.14. The van der Waals surface area contributed by atoms with Gasteiger partial charge in [0, 0.05) is 13.7 Å². The first-order valence-electron chi connectivity index (χ1n) is 6.76. The van der Waals surface area contributed by atoms with E-state index in [4.69, 9.17) is 9.84 Å². The first-order chi connectivity index (χ1) is 9.05. The van der Waals surface area contributed by atoms with Crippen molar-refractivity contribution in [2.45, 2.75) is 26.2 Å². The van der Waals surface area contributed by atoms with E-state index in [2.05, 4.69) is 5.32 Å². The van der Waals surface area contributed by atoms with Crippen LogP contribution in [0.5, 0.6) is 0 Å². The Morgan fingerprint density at radius 2 is 2.00 bits per heavy atom. The molecule has 1 aliphatic rings. The lowest BCUT2D eigenvalue weighted by molar-refractivity contribution is -0.153. The third kappa shape index (κ3) is 4.18. The maximum atomic E-state index is 12.7. The van der Waals surface area contributed by atoms with E-state index in [9.17, 15) is 9.59 Å². The number of carboxylic acids is 1. The molecule has 1 heterocycles. The fraction of sp³-hybridized carbons (Fsp3) is 0.846. The number of nitrogens with one attached hydrogen (secondary N) is 1. The molecule has 0 bridgehead atoms. The quantitative estimate of drug-likeness (QED) is 0.698. The molecule has 0 radical (unpaired) electrons. The fourth-order valence-electron chi connectivity index (χ4n) is 2.62. The van der Waals surface area contributed by atoms with Crippen molar-refractivity contribution in [1.82, 2.24) is 10.2 Å². The van der Waals surface area contributed by atoms with Gasteiger partial charge in [-0.1, -0.05) is 6.92 Å². The summed E-state index contributed by atoms with van der Waals surface area (Å²) < 4.78 is 5.22. The van der Waals surface area contributed by atoms with Gasteiger partial charge < -0.3 is 20.1 Å². The Balaban J connectivity index is 2.85. The number of hydrogen-bond acceptors (Lipinski definition) is 4. The summed E-state index contributed by atoms with van der Waals surface area (Å²) in [4.78, 5) is 25.0. The number of hydrogen-bond donors (Lipinski definition) is 2. The molecule has 0 saturated carbocycles. The van der Waals surface area contributed by atoms with Gasteiger partial charge in [-0.05, 0) is 32.4 Å². The summed E-state index contributed by atoms with van der Waals surface area (Å²) >= 11 is 0. The van der Waals surface area contributed by atoms with Crippen LogP contribution in [0.2, 0.25) is 0 Å². The second kappa shape index (κ2) is 7.45. The Labute approximate surface area is 114 Å². The number of carbonyl (C=O) groups excluding carboxylic acids is 1. The molecule has 0 atom stereocenters. The predicted octanol–water partition coefficient (Wildman–Crippen LogP) is 0.326. The molecule has 6 heteroatoms. The monoisotopic (exact) mass is 272 g/mol. The first-order valence-corrected chi connectivity index (χ1v) is 6.76. The lowest BCUT2D eigenvalue weighted by Crippen LogP contribution is -2.52. The molecule has 1 fully saturated rings. The van der Waals surface area contributed by atoms with Crippen LogP contribution in [-0.4, -0.2) is 61.8 Å². The van der Waals surface area contributed by atoms with Crippen LogP contribution in [0, 0.1) is 5.41 Å². The number of aliphatic carboxylic acids is 1. The Morgan fingerprint density at radius 1 is 1.37 bits per heavy atom. The molecular formula is C13H24N2O4. The van der Waals surface area contributed by atoms with Crippen LogP contribution >= 0.6 is 0 Å². The summed E-state index contributed by atoms with van der Waals surface area (Å²) in [6.45, 7) is 4.07. The zero-order valence-corrected chi connectivity index (χ0v) is 11.8. The van der Waals surface area contributed by atoms with Crippen LogP contribution in [0.15, 0.2) is 0 Å². The van der Waals surface area contributed by atoms with E-state index in [-0.39, 0.29) is 12.5 Å². The maximum absolute atomic E-state index is 12.7. The van der Waals surface area contributed by atoms with Gasteiger partial charge in [-0.3, -0.25) is 9.59 Å². The van der Waals surface area contributed by atoms with Gasteiger partial charge in [0.2, 0.25) is 5.91 Å². The highest BCUT2D eigenvalue weighted by atomic mass is 16.5. The summed E-state index contributed by atoms with van der Waals surface area (Å²) in [5.74, 6) is -1.05. The molecule has 0 aromatic carbocycles. The van der Waals surface area contributed by atoms with Gasteiger partial charge >= 0.3 is 5.97 Å². The number of methoxy groups -OCH3 is 1. The largest absolute Gasteiger partial charge is 0.480 e. The topological polar surface area (TPSA) is 78.9 Å². The molecule has 0 aliphatic carbocycles. The Hall–Kier alpha value is -1.14. The minimum absolute atomic E-state index is 0.0832. The van der Waals surface area contributed by atoms with Crippen LogP contribution < -0.4 is 5.32 Å². The average Bonchev–Trinajstić information content (AvgIpc) is 2.38. The van der Waals surface area contributed by atoms with Gasteiger partial charge in [0.25, 0.3) is 0 Å². The number of amides is 1. The number of carbonyl (C=O) groups is 2. The second-order valence-corrected chi connectivity index (χ2v) is 5.08. The molecule has 0 unspecified atom stereocenters. The normalized spacial score (nSPS) is 18.0. The summed E-state index contributed by atoms with van der Waals surface area (Å²) in [5.41, 5.74) is -0.565. The van der Waals surface area contributed by atoms with Crippen LogP contribution in [-0.2, 0) is 14.3 Å². The second-order valence-electron chi connectivity index (χ2n) is 5.08. The van der Waals surface area contributed by atoms with Gasteiger partial charge in [0.1, 0.15) is 6.54 Å². The van der Waals surface area contributed by atoms with Crippen LogP contribution in [0.4, 0.5) is 0 Å². The molecule has 1 aliphatic heterocycles. The molecular weight excluding hydrogens is 248 g/mol. The number of nitrogens with zero attached hydrogens (tertiary/aromatic N) is 1. The molecule has 0 spiro atoms. The van der Waals surface area contributed by atoms with Crippen molar-refractivity contribution in [3.63, 3.8) is 0 Å². The van der Waals surface area contributed by atoms with Crippen molar-refractivity contribution in [3.8, 4) is 0 Å². The smallest absolute Gasteiger partial charge is 0.323 e. The molecule has 1 rings (SSSR count). The highest BCUT2D eigenvalue weighted by Gasteiger charge is 2.42. The average molecular weight is 272 g/mol. The zero-order valence-electron chi connectivity index (χ0n) is 11.8. The minimum Gasteiger partial charge on any atom is -0.480 e. The van der Waals surface area contributed by atoms with Gasteiger partial charge in [-0.2, -0.15) is 0 Å².